The van der Waals surface area contributed by atoms with Crippen LogP contribution >= 0.6 is 0 Å². The smallest absolute Gasteiger partial charge is 0.174 e. The van der Waals surface area contributed by atoms with Crippen LogP contribution in [0.4, 0.5) is 0 Å². The summed E-state index contributed by atoms with van der Waals surface area (Å²) in [6.07, 6.45) is 0.346. The lowest BCUT2D eigenvalue weighted by molar-refractivity contribution is 0.0842. The molecule has 1 unspecified atom stereocenters. The zero-order valence-corrected chi connectivity index (χ0v) is 18.1. The Bertz CT molecular complexity index is 1280. The van der Waals surface area contributed by atoms with E-state index in [1.54, 1.807) is 0 Å². The molecule has 0 aromatic heterocycles. The molecule has 0 spiro atoms. The molecule has 4 aromatic rings. The number of fused-ring (bicyclic) bond motifs is 1. The SMILES string of the molecule is O=C1CC(c2ccccc2)Oc2c(Cc3ccccc3)c(O)c(Cc3ccccc3)c(O)c21. The fourth-order valence-corrected chi connectivity index (χ4v) is 4.44. The summed E-state index contributed by atoms with van der Waals surface area (Å²) in [7, 11) is 0. The molecule has 2 N–H and O–H groups in total. The lowest BCUT2D eigenvalue weighted by Crippen LogP contribution is -2.22. The number of hydrogen-bond acceptors (Lipinski definition) is 4. The van der Waals surface area contributed by atoms with E-state index in [-0.39, 0.29) is 35.0 Å². The number of carbonyl (C=O) groups excluding carboxylic acids is 1. The van der Waals surface area contributed by atoms with Gasteiger partial charge in [0.25, 0.3) is 0 Å². The van der Waals surface area contributed by atoms with E-state index in [1.165, 1.54) is 0 Å². The van der Waals surface area contributed by atoms with Gasteiger partial charge >= 0.3 is 0 Å². The minimum atomic E-state index is -0.473. The van der Waals surface area contributed by atoms with Crippen LogP contribution in [0.2, 0.25) is 0 Å². The average Bonchev–Trinajstić information content (AvgIpc) is 2.86. The predicted molar refractivity (Wildman–Crippen MR) is 127 cm³/mol. The minimum absolute atomic E-state index is 0.0273. The summed E-state index contributed by atoms with van der Waals surface area (Å²) < 4.78 is 6.32. The predicted octanol–water partition coefficient (Wildman–Crippen LogP) is 5.99. The van der Waals surface area contributed by atoms with Crippen LogP contribution in [0.5, 0.6) is 17.2 Å². The highest BCUT2D eigenvalue weighted by molar-refractivity contribution is 6.04. The van der Waals surface area contributed by atoms with Crippen LogP contribution in [-0.2, 0) is 12.8 Å². The molecular formula is C29H24O4. The van der Waals surface area contributed by atoms with Crippen LogP contribution in [0.15, 0.2) is 91.0 Å². The third-order valence-corrected chi connectivity index (χ3v) is 6.12. The van der Waals surface area contributed by atoms with Crippen molar-refractivity contribution in [3.05, 3.63) is 124 Å². The van der Waals surface area contributed by atoms with E-state index in [4.69, 9.17) is 4.74 Å². The third-order valence-electron chi connectivity index (χ3n) is 6.12. The number of ketones is 1. The molecule has 0 fully saturated rings. The van der Waals surface area contributed by atoms with Gasteiger partial charge in [-0.25, -0.2) is 0 Å². The van der Waals surface area contributed by atoms with Gasteiger partial charge in [-0.15, -0.1) is 0 Å². The monoisotopic (exact) mass is 436 g/mol. The van der Waals surface area contributed by atoms with Gasteiger partial charge < -0.3 is 14.9 Å². The fourth-order valence-electron chi connectivity index (χ4n) is 4.44. The van der Waals surface area contributed by atoms with Crippen molar-refractivity contribution in [2.24, 2.45) is 0 Å². The summed E-state index contributed by atoms with van der Waals surface area (Å²) >= 11 is 0. The van der Waals surface area contributed by atoms with Crippen molar-refractivity contribution in [3.8, 4) is 17.2 Å². The first-order chi connectivity index (χ1) is 16.1. The van der Waals surface area contributed by atoms with Crippen molar-refractivity contribution in [3.63, 3.8) is 0 Å². The number of benzene rings is 4. The van der Waals surface area contributed by atoms with E-state index < -0.39 is 6.10 Å². The fraction of sp³-hybridized carbons (Fsp3) is 0.138. The molecule has 4 nitrogen and oxygen atoms in total. The molecular weight excluding hydrogens is 412 g/mol. The molecule has 4 aromatic carbocycles. The topological polar surface area (TPSA) is 66.8 Å². The van der Waals surface area contributed by atoms with Crippen LogP contribution < -0.4 is 4.74 Å². The first-order valence-electron chi connectivity index (χ1n) is 11.0. The molecule has 0 amide bonds. The van der Waals surface area contributed by atoms with Crippen LogP contribution in [-0.4, -0.2) is 16.0 Å². The molecule has 1 atom stereocenters. The second kappa shape index (κ2) is 8.83. The molecule has 0 radical (unpaired) electrons. The van der Waals surface area contributed by atoms with E-state index in [0.29, 0.717) is 24.0 Å². The number of hydrogen-bond donors (Lipinski definition) is 2. The van der Waals surface area contributed by atoms with Gasteiger partial charge in [0.1, 0.15) is 28.9 Å². The number of ether oxygens (including phenoxy) is 1. The van der Waals surface area contributed by atoms with Crippen molar-refractivity contribution in [2.75, 3.05) is 0 Å². The van der Waals surface area contributed by atoms with E-state index in [9.17, 15) is 15.0 Å². The Morgan fingerprint density at radius 1 is 0.697 bits per heavy atom. The molecule has 1 heterocycles. The number of aromatic hydroxyl groups is 2. The van der Waals surface area contributed by atoms with Gasteiger partial charge in [0.15, 0.2) is 5.78 Å². The van der Waals surface area contributed by atoms with Crippen LogP contribution in [0.1, 0.15) is 50.7 Å². The molecule has 0 aliphatic carbocycles. The molecule has 33 heavy (non-hydrogen) atoms. The summed E-state index contributed by atoms with van der Waals surface area (Å²) in [5.41, 5.74) is 3.82. The van der Waals surface area contributed by atoms with Crippen molar-refractivity contribution >= 4 is 5.78 Å². The van der Waals surface area contributed by atoms with Gasteiger partial charge in [-0.1, -0.05) is 91.0 Å². The van der Waals surface area contributed by atoms with E-state index in [2.05, 4.69) is 0 Å². The second-order valence-corrected chi connectivity index (χ2v) is 8.33. The average molecular weight is 437 g/mol. The molecule has 164 valence electrons. The number of carbonyl (C=O) groups is 1. The molecule has 0 saturated carbocycles. The van der Waals surface area contributed by atoms with Crippen molar-refractivity contribution in [1.29, 1.82) is 0 Å². The number of phenols is 2. The number of Topliss-reactive ketones (excluding diaryl/α,β-unsaturated/α-hetero) is 1. The Morgan fingerprint density at radius 2 is 1.21 bits per heavy atom. The van der Waals surface area contributed by atoms with Gasteiger partial charge in [0.05, 0.1) is 6.42 Å². The largest absolute Gasteiger partial charge is 0.507 e. The second-order valence-electron chi connectivity index (χ2n) is 8.33. The van der Waals surface area contributed by atoms with Crippen LogP contribution in [0, 0.1) is 0 Å². The molecule has 1 aliphatic rings. The maximum absolute atomic E-state index is 13.3. The highest BCUT2D eigenvalue weighted by Gasteiger charge is 2.35. The summed E-state index contributed by atoms with van der Waals surface area (Å²) in [4.78, 5) is 13.3. The lowest BCUT2D eigenvalue weighted by atomic mass is 9.87. The maximum Gasteiger partial charge on any atom is 0.174 e. The molecule has 0 bridgehead atoms. The Kier molecular flexibility index (Phi) is 5.57. The molecule has 4 heteroatoms. The summed E-state index contributed by atoms with van der Waals surface area (Å²) in [6, 6.07) is 28.9. The third kappa shape index (κ3) is 4.08. The normalized spacial score (nSPS) is 15.0. The van der Waals surface area contributed by atoms with Crippen molar-refractivity contribution in [1.82, 2.24) is 0 Å². The zero-order chi connectivity index (χ0) is 22.8. The van der Waals surface area contributed by atoms with Crippen molar-refractivity contribution in [2.45, 2.75) is 25.4 Å². The number of rotatable bonds is 5. The molecule has 0 saturated heterocycles. The number of phenolic OH excluding ortho intramolecular Hbond substituents is 2. The van der Waals surface area contributed by atoms with Gasteiger partial charge in [0, 0.05) is 24.0 Å². The van der Waals surface area contributed by atoms with Gasteiger partial charge in [0.2, 0.25) is 0 Å². The Labute approximate surface area is 192 Å². The van der Waals surface area contributed by atoms with E-state index >= 15 is 0 Å². The quantitative estimate of drug-likeness (QED) is 0.404. The first-order valence-corrected chi connectivity index (χ1v) is 11.0. The summed E-state index contributed by atoms with van der Waals surface area (Å²) in [5.74, 6) is -0.137. The van der Waals surface area contributed by atoms with Crippen LogP contribution in [0.25, 0.3) is 0 Å². The van der Waals surface area contributed by atoms with Gasteiger partial charge in [-0.2, -0.15) is 0 Å². The standard InChI is InChI=1S/C29H24O4/c30-24-18-25(21-14-8-3-9-15-21)33-29-23(17-20-12-6-2-7-13-20)27(31)22(28(32)26(24)29)16-19-10-4-1-5-11-19/h1-15,25,31-32H,16-18H2. The molecule has 5 rings (SSSR count). The first kappa shape index (κ1) is 20.8. The molecule has 1 aliphatic heterocycles. The summed E-state index contributed by atoms with van der Waals surface area (Å²) in [6.45, 7) is 0. The lowest BCUT2D eigenvalue weighted by Gasteiger charge is -2.29. The van der Waals surface area contributed by atoms with Crippen molar-refractivity contribution < 1.29 is 19.7 Å². The van der Waals surface area contributed by atoms with Gasteiger partial charge in [-0.3, -0.25) is 4.79 Å². The highest BCUT2D eigenvalue weighted by atomic mass is 16.5. The van der Waals surface area contributed by atoms with Crippen LogP contribution in [0.3, 0.4) is 0 Å². The Hall–Kier alpha value is -4.05. The minimum Gasteiger partial charge on any atom is -0.507 e. The Morgan fingerprint density at radius 3 is 1.79 bits per heavy atom. The van der Waals surface area contributed by atoms with E-state index in [1.807, 2.05) is 91.0 Å². The van der Waals surface area contributed by atoms with Gasteiger partial charge in [-0.05, 0) is 16.7 Å². The summed E-state index contributed by atoms with van der Waals surface area (Å²) in [5, 5.41) is 22.5. The zero-order valence-electron chi connectivity index (χ0n) is 18.1. The Balaban J connectivity index is 1.66. The highest BCUT2D eigenvalue weighted by Crippen LogP contribution is 2.49. The maximum atomic E-state index is 13.3. The van der Waals surface area contributed by atoms with E-state index in [0.717, 1.165) is 16.7 Å².